The Hall–Kier alpha value is -1.29. The van der Waals surface area contributed by atoms with E-state index in [4.69, 9.17) is 9.47 Å². The molecule has 242 valence electrons. The molecular weight excluding hydrogens is 506 g/mol. The van der Waals surface area contributed by atoms with Gasteiger partial charge in [0.1, 0.15) is 5.78 Å². The first-order valence-corrected chi connectivity index (χ1v) is 17.7. The first-order chi connectivity index (χ1) is 19.9. The van der Waals surface area contributed by atoms with Gasteiger partial charge in [-0.2, -0.15) is 0 Å². The monoisotopic (exact) mass is 578 g/mol. The average molecular weight is 578 g/mol. The number of Topliss-reactive ketones (excluding diaryl/α,β-unsaturated/α-hetero) is 1. The van der Waals surface area contributed by atoms with E-state index in [9.17, 15) is 4.79 Å². The zero-order chi connectivity index (χ0) is 30.6. The lowest BCUT2D eigenvalue weighted by atomic mass is 9.95. The standard InChI is InChI=1S/C37H71NO3/c1-8-13-14-19-23-34(7)27-29-36(39)25-21-18-16-15-17-20-24-33(6)26-28-35(9-2)32-41-37(10-3)40-31-22-30-38(11-4)12-5/h10,34-35H,6,8-9,11-32H2,1-5,7H3/b37-10+. The van der Waals surface area contributed by atoms with Gasteiger partial charge in [-0.25, -0.2) is 0 Å². The van der Waals surface area contributed by atoms with Crippen molar-refractivity contribution < 1.29 is 14.3 Å². The number of unbranched alkanes of at least 4 members (excludes halogenated alkanes) is 8. The van der Waals surface area contributed by atoms with Crippen molar-refractivity contribution in [1.82, 2.24) is 4.90 Å². The van der Waals surface area contributed by atoms with Crippen LogP contribution in [-0.4, -0.2) is 43.5 Å². The fourth-order valence-electron chi connectivity index (χ4n) is 5.35. The maximum atomic E-state index is 12.2. The highest BCUT2D eigenvalue weighted by Crippen LogP contribution is 2.21. The number of nitrogens with zero attached hydrogens (tertiary/aromatic N) is 1. The molecule has 0 aromatic carbocycles. The van der Waals surface area contributed by atoms with Crippen molar-refractivity contribution in [2.75, 3.05) is 32.8 Å². The van der Waals surface area contributed by atoms with Gasteiger partial charge in [-0.1, -0.05) is 111 Å². The molecule has 2 unspecified atom stereocenters. The SMILES string of the molecule is C=C(CCCCCCCCC(=O)CCC(C)CCCCCC)CCC(CC)CO/C(=C/C)OCCCN(CC)CC. The summed E-state index contributed by atoms with van der Waals surface area (Å²) in [5.74, 6) is 2.40. The Kier molecular flexibility index (Phi) is 27.9. The molecule has 0 aliphatic carbocycles. The molecule has 0 saturated carbocycles. The molecular formula is C37H71NO3. The van der Waals surface area contributed by atoms with Crippen LogP contribution in [0.4, 0.5) is 0 Å². The largest absolute Gasteiger partial charge is 0.466 e. The Balaban J connectivity index is 3.79. The van der Waals surface area contributed by atoms with Crippen LogP contribution in [0, 0.1) is 11.8 Å². The Bertz CT molecular complexity index is 640. The summed E-state index contributed by atoms with van der Waals surface area (Å²) >= 11 is 0. The fourth-order valence-corrected chi connectivity index (χ4v) is 5.35. The molecule has 0 spiro atoms. The molecule has 0 rings (SSSR count). The molecule has 0 fully saturated rings. The summed E-state index contributed by atoms with van der Waals surface area (Å²) in [5.41, 5.74) is 1.38. The Morgan fingerprint density at radius 2 is 1.41 bits per heavy atom. The molecule has 4 heteroatoms. The molecule has 0 aliphatic heterocycles. The molecule has 0 aromatic rings. The van der Waals surface area contributed by atoms with E-state index in [1.807, 2.05) is 13.0 Å². The van der Waals surface area contributed by atoms with Crippen LogP contribution >= 0.6 is 0 Å². The van der Waals surface area contributed by atoms with Crippen LogP contribution in [0.2, 0.25) is 0 Å². The third-order valence-corrected chi connectivity index (χ3v) is 8.64. The van der Waals surface area contributed by atoms with Crippen LogP contribution in [0.1, 0.15) is 164 Å². The van der Waals surface area contributed by atoms with Crippen molar-refractivity contribution >= 4 is 5.78 Å². The fraction of sp³-hybridized carbons (Fsp3) is 0.865. The highest BCUT2D eigenvalue weighted by molar-refractivity contribution is 5.78. The van der Waals surface area contributed by atoms with Crippen molar-refractivity contribution in [3.05, 3.63) is 24.2 Å². The van der Waals surface area contributed by atoms with E-state index >= 15 is 0 Å². The van der Waals surface area contributed by atoms with E-state index in [1.54, 1.807) is 0 Å². The highest BCUT2D eigenvalue weighted by Gasteiger charge is 2.11. The Morgan fingerprint density at radius 1 is 0.756 bits per heavy atom. The van der Waals surface area contributed by atoms with Gasteiger partial charge in [0.2, 0.25) is 0 Å². The maximum absolute atomic E-state index is 12.2. The molecule has 41 heavy (non-hydrogen) atoms. The number of hydrogen-bond donors (Lipinski definition) is 0. The average Bonchev–Trinajstić information content (AvgIpc) is 2.98. The van der Waals surface area contributed by atoms with Crippen molar-refractivity contribution in [2.24, 2.45) is 11.8 Å². The topological polar surface area (TPSA) is 38.8 Å². The lowest BCUT2D eigenvalue weighted by Gasteiger charge is -2.20. The summed E-state index contributed by atoms with van der Waals surface area (Å²) in [4.78, 5) is 14.6. The van der Waals surface area contributed by atoms with Crippen molar-refractivity contribution in [3.63, 3.8) is 0 Å². The number of ether oxygens (including phenoxy) is 2. The summed E-state index contributed by atoms with van der Waals surface area (Å²) in [6.07, 6.45) is 24.1. The molecule has 0 aromatic heterocycles. The van der Waals surface area contributed by atoms with Crippen LogP contribution < -0.4 is 0 Å². The molecule has 0 heterocycles. The van der Waals surface area contributed by atoms with Gasteiger partial charge in [0, 0.05) is 19.4 Å². The van der Waals surface area contributed by atoms with Crippen molar-refractivity contribution in [3.8, 4) is 0 Å². The number of allylic oxidation sites excluding steroid dienone is 2. The molecule has 0 aliphatic rings. The number of hydrogen-bond acceptors (Lipinski definition) is 4. The van der Waals surface area contributed by atoms with Gasteiger partial charge in [-0.05, 0) is 82.9 Å². The van der Waals surface area contributed by atoms with E-state index in [1.165, 1.54) is 69.8 Å². The summed E-state index contributed by atoms with van der Waals surface area (Å²) < 4.78 is 11.9. The molecule has 0 saturated heterocycles. The minimum absolute atomic E-state index is 0.484. The zero-order valence-electron chi connectivity index (χ0n) is 28.6. The van der Waals surface area contributed by atoms with Gasteiger partial charge in [-0.15, -0.1) is 0 Å². The van der Waals surface area contributed by atoms with Crippen molar-refractivity contribution in [2.45, 2.75) is 164 Å². The van der Waals surface area contributed by atoms with E-state index in [0.29, 0.717) is 30.2 Å². The zero-order valence-corrected chi connectivity index (χ0v) is 28.6. The van der Waals surface area contributed by atoms with Crippen LogP contribution in [0.25, 0.3) is 0 Å². The first-order valence-electron chi connectivity index (χ1n) is 17.7. The van der Waals surface area contributed by atoms with Crippen LogP contribution in [0.15, 0.2) is 24.2 Å². The van der Waals surface area contributed by atoms with Crippen LogP contribution in [0.5, 0.6) is 0 Å². The highest BCUT2D eigenvalue weighted by atomic mass is 16.7. The molecule has 2 atom stereocenters. The van der Waals surface area contributed by atoms with Gasteiger partial charge in [0.15, 0.2) is 0 Å². The predicted molar refractivity (Wildman–Crippen MR) is 179 cm³/mol. The van der Waals surface area contributed by atoms with E-state index in [-0.39, 0.29) is 0 Å². The normalized spacial score (nSPS) is 13.4. The number of ketones is 1. The lowest BCUT2D eigenvalue weighted by Crippen LogP contribution is -2.24. The van der Waals surface area contributed by atoms with E-state index in [0.717, 1.165) is 84.0 Å². The van der Waals surface area contributed by atoms with Gasteiger partial charge in [0.25, 0.3) is 5.95 Å². The molecule has 0 N–H and O–H groups in total. The number of rotatable bonds is 31. The predicted octanol–water partition coefficient (Wildman–Crippen LogP) is 11.1. The number of carbonyl (C=O) groups is 1. The third kappa shape index (κ3) is 25.0. The van der Waals surface area contributed by atoms with Crippen LogP contribution in [-0.2, 0) is 14.3 Å². The smallest absolute Gasteiger partial charge is 0.274 e. The third-order valence-electron chi connectivity index (χ3n) is 8.64. The van der Waals surface area contributed by atoms with Crippen molar-refractivity contribution in [1.29, 1.82) is 0 Å². The van der Waals surface area contributed by atoms with E-state index in [2.05, 4.69) is 46.1 Å². The minimum atomic E-state index is 0.484. The van der Waals surface area contributed by atoms with Gasteiger partial charge in [0.05, 0.1) is 13.2 Å². The summed E-state index contributed by atoms with van der Waals surface area (Å²) in [7, 11) is 0. The first kappa shape index (κ1) is 39.7. The molecule has 4 nitrogen and oxygen atoms in total. The summed E-state index contributed by atoms with van der Waals surface area (Å²) in [6, 6.07) is 0. The molecule has 0 radical (unpaired) electrons. The maximum Gasteiger partial charge on any atom is 0.274 e. The Morgan fingerprint density at radius 3 is 2.05 bits per heavy atom. The second-order valence-corrected chi connectivity index (χ2v) is 12.4. The second kappa shape index (κ2) is 28.8. The molecule has 0 bridgehead atoms. The Labute approximate surface area is 257 Å². The summed E-state index contributed by atoms with van der Waals surface area (Å²) in [5, 5.41) is 0. The summed E-state index contributed by atoms with van der Waals surface area (Å²) in [6.45, 7) is 22.3. The number of carbonyl (C=O) groups excluding carboxylic acids is 1. The quantitative estimate of drug-likeness (QED) is 0.0466. The molecule has 0 amide bonds. The second-order valence-electron chi connectivity index (χ2n) is 12.4. The van der Waals surface area contributed by atoms with E-state index < -0.39 is 0 Å². The minimum Gasteiger partial charge on any atom is -0.466 e. The van der Waals surface area contributed by atoms with Gasteiger partial charge >= 0.3 is 0 Å². The lowest BCUT2D eigenvalue weighted by molar-refractivity contribution is -0.119. The van der Waals surface area contributed by atoms with Gasteiger partial charge < -0.3 is 14.4 Å². The van der Waals surface area contributed by atoms with Gasteiger partial charge in [-0.3, -0.25) is 4.79 Å². The van der Waals surface area contributed by atoms with Crippen LogP contribution in [0.3, 0.4) is 0 Å².